The van der Waals surface area contributed by atoms with E-state index in [1.807, 2.05) is 25.1 Å². The molecule has 18 heavy (non-hydrogen) atoms. The minimum atomic E-state index is -0.0457. The Bertz CT molecular complexity index is 599. The van der Waals surface area contributed by atoms with Crippen molar-refractivity contribution in [2.45, 2.75) is 6.92 Å². The summed E-state index contributed by atoms with van der Waals surface area (Å²) < 4.78 is 6.57. The van der Waals surface area contributed by atoms with Crippen molar-refractivity contribution in [1.29, 1.82) is 5.41 Å². The van der Waals surface area contributed by atoms with Gasteiger partial charge in [0.15, 0.2) is 5.75 Å². The van der Waals surface area contributed by atoms with Gasteiger partial charge in [-0.15, -0.1) is 0 Å². The highest BCUT2D eigenvalue weighted by atomic mass is 79.9. The first-order chi connectivity index (χ1) is 8.58. The Kier molecular flexibility index (Phi) is 3.62. The molecule has 3 N–H and O–H groups in total. The lowest BCUT2D eigenvalue weighted by molar-refractivity contribution is 0.476. The van der Waals surface area contributed by atoms with Crippen molar-refractivity contribution in [3.8, 4) is 11.5 Å². The van der Waals surface area contributed by atoms with Gasteiger partial charge in [-0.05, 0) is 46.6 Å². The Morgan fingerprint density at radius 2 is 2.11 bits per heavy atom. The topological polar surface area (TPSA) is 72.0 Å². The number of nitrogens with two attached hydrogens (primary N) is 1. The number of amidine groups is 1. The summed E-state index contributed by atoms with van der Waals surface area (Å²) in [7, 11) is 0. The Balaban J connectivity index is 2.37. The smallest absolute Gasteiger partial charge is 0.156 e. The van der Waals surface area contributed by atoms with Gasteiger partial charge in [0.1, 0.15) is 11.6 Å². The van der Waals surface area contributed by atoms with Gasteiger partial charge in [0, 0.05) is 6.20 Å². The summed E-state index contributed by atoms with van der Waals surface area (Å²) in [6.07, 6.45) is 3.12. The number of halogens is 1. The van der Waals surface area contributed by atoms with Gasteiger partial charge in [0.05, 0.1) is 16.2 Å². The van der Waals surface area contributed by atoms with Crippen LogP contribution in [0.15, 0.2) is 41.1 Å². The predicted octanol–water partition coefficient (Wildman–Crippen LogP) is 3.23. The molecule has 0 unspecified atom stereocenters. The number of aryl methyl sites for hydroxylation is 1. The molecule has 0 aliphatic heterocycles. The van der Waals surface area contributed by atoms with Crippen molar-refractivity contribution in [1.82, 2.24) is 4.98 Å². The van der Waals surface area contributed by atoms with Crippen LogP contribution in [0, 0.1) is 12.3 Å². The molecule has 1 aromatic heterocycles. The maximum absolute atomic E-state index is 7.49. The van der Waals surface area contributed by atoms with E-state index >= 15 is 0 Å². The molecule has 5 heteroatoms. The summed E-state index contributed by atoms with van der Waals surface area (Å²) in [4.78, 5) is 3.98. The van der Waals surface area contributed by atoms with E-state index in [9.17, 15) is 0 Å². The van der Waals surface area contributed by atoms with E-state index in [2.05, 4.69) is 20.9 Å². The number of nitrogens with zero attached hydrogens (tertiary/aromatic N) is 1. The molecule has 4 nitrogen and oxygen atoms in total. The molecule has 2 aromatic rings. The van der Waals surface area contributed by atoms with Crippen molar-refractivity contribution in [2.75, 3.05) is 0 Å². The molecule has 0 radical (unpaired) electrons. The van der Waals surface area contributed by atoms with Gasteiger partial charge in [-0.25, -0.2) is 0 Å². The highest BCUT2D eigenvalue weighted by Crippen LogP contribution is 2.31. The van der Waals surface area contributed by atoms with Gasteiger partial charge in [-0.2, -0.15) is 0 Å². The van der Waals surface area contributed by atoms with Crippen molar-refractivity contribution in [2.24, 2.45) is 5.73 Å². The lowest BCUT2D eigenvalue weighted by Gasteiger charge is -2.11. The second-order valence-electron chi connectivity index (χ2n) is 3.82. The van der Waals surface area contributed by atoms with Crippen LogP contribution in [0.5, 0.6) is 11.5 Å². The monoisotopic (exact) mass is 305 g/mol. The van der Waals surface area contributed by atoms with Crippen LogP contribution in [0.2, 0.25) is 0 Å². The van der Waals surface area contributed by atoms with E-state index < -0.39 is 0 Å². The number of aromatic nitrogens is 1. The van der Waals surface area contributed by atoms with Gasteiger partial charge >= 0.3 is 0 Å². The lowest BCUT2D eigenvalue weighted by Crippen LogP contribution is -2.12. The fourth-order valence-corrected chi connectivity index (χ4v) is 2.07. The summed E-state index contributed by atoms with van der Waals surface area (Å²) in [6, 6.07) is 7.42. The normalized spacial score (nSPS) is 10.1. The van der Waals surface area contributed by atoms with E-state index in [1.54, 1.807) is 18.5 Å². The van der Waals surface area contributed by atoms with Crippen molar-refractivity contribution < 1.29 is 4.74 Å². The number of rotatable bonds is 3. The Labute approximate surface area is 113 Å². The van der Waals surface area contributed by atoms with Gasteiger partial charge in [-0.1, -0.05) is 6.07 Å². The standard InChI is InChI=1S/C13H12BrN3O/c1-8-2-3-11(10(14)6-8)18-12-7-17-5-4-9(12)13(15)16/h2-7H,1H3,(H3,15,16). The zero-order chi connectivity index (χ0) is 13.1. The number of pyridine rings is 1. The second kappa shape index (κ2) is 5.18. The number of benzene rings is 1. The van der Waals surface area contributed by atoms with Gasteiger partial charge in [0.2, 0.25) is 0 Å². The number of nitrogen functional groups attached to an aromatic ring is 1. The third kappa shape index (κ3) is 2.68. The summed E-state index contributed by atoms with van der Waals surface area (Å²) in [5.74, 6) is 1.08. The van der Waals surface area contributed by atoms with Gasteiger partial charge < -0.3 is 10.5 Å². The summed E-state index contributed by atoms with van der Waals surface area (Å²) in [5.41, 5.74) is 7.15. The van der Waals surface area contributed by atoms with Crippen LogP contribution < -0.4 is 10.5 Å². The highest BCUT2D eigenvalue weighted by molar-refractivity contribution is 9.10. The molecular formula is C13H12BrN3O. The number of hydrogen-bond donors (Lipinski definition) is 2. The van der Waals surface area contributed by atoms with Crippen LogP contribution in [-0.2, 0) is 0 Å². The van der Waals surface area contributed by atoms with E-state index in [-0.39, 0.29) is 5.84 Å². The van der Waals surface area contributed by atoms with E-state index in [0.717, 1.165) is 10.0 Å². The maximum atomic E-state index is 7.49. The van der Waals surface area contributed by atoms with Crippen LogP contribution in [0.3, 0.4) is 0 Å². The number of ether oxygens (including phenoxy) is 1. The van der Waals surface area contributed by atoms with Crippen LogP contribution in [-0.4, -0.2) is 10.8 Å². The molecule has 0 aliphatic rings. The third-order valence-electron chi connectivity index (χ3n) is 2.38. The van der Waals surface area contributed by atoms with Crippen LogP contribution in [0.1, 0.15) is 11.1 Å². The fraction of sp³-hybridized carbons (Fsp3) is 0.0769. The summed E-state index contributed by atoms with van der Waals surface area (Å²) in [5, 5.41) is 7.49. The minimum Gasteiger partial charge on any atom is -0.454 e. The number of hydrogen-bond acceptors (Lipinski definition) is 3. The Morgan fingerprint density at radius 1 is 1.33 bits per heavy atom. The van der Waals surface area contributed by atoms with Crippen LogP contribution in [0.25, 0.3) is 0 Å². The lowest BCUT2D eigenvalue weighted by atomic mass is 10.2. The van der Waals surface area contributed by atoms with Crippen molar-refractivity contribution >= 4 is 21.8 Å². The second-order valence-corrected chi connectivity index (χ2v) is 4.68. The SMILES string of the molecule is Cc1ccc(Oc2cnccc2C(=N)N)c(Br)c1. The zero-order valence-corrected chi connectivity index (χ0v) is 11.4. The molecule has 92 valence electrons. The molecule has 0 spiro atoms. The summed E-state index contributed by atoms with van der Waals surface area (Å²) in [6.45, 7) is 2.00. The minimum absolute atomic E-state index is 0.0457. The first-order valence-corrected chi connectivity index (χ1v) is 6.09. The van der Waals surface area contributed by atoms with Crippen molar-refractivity contribution in [3.63, 3.8) is 0 Å². The van der Waals surface area contributed by atoms with Gasteiger partial charge in [0.25, 0.3) is 0 Å². The maximum Gasteiger partial charge on any atom is 0.156 e. The Morgan fingerprint density at radius 3 is 2.78 bits per heavy atom. The average molecular weight is 306 g/mol. The summed E-state index contributed by atoms with van der Waals surface area (Å²) >= 11 is 3.44. The molecule has 0 amide bonds. The first kappa shape index (κ1) is 12.6. The molecule has 0 atom stereocenters. The van der Waals surface area contributed by atoms with Crippen LogP contribution >= 0.6 is 15.9 Å². The largest absolute Gasteiger partial charge is 0.454 e. The quantitative estimate of drug-likeness (QED) is 0.675. The van der Waals surface area contributed by atoms with Gasteiger partial charge in [-0.3, -0.25) is 10.4 Å². The average Bonchev–Trinajstić information content (AvgIpc) is 2.33. The molecule has 1 heterocycles. The molecular weight excluding hydrogens is 294 g/mol. The zero-order valence-electron chi connectivity index (χ0n) is 9.77. The van der Waals surface area contributed by atoms with E-state index in [1.165, 1.54) is 0 Å². The molecule has 1 aromatic carbocycles. The molecule has 0 saturated carbocycles. The highest BCUT2D eigenvalue weighted by Gasteiger charge is 2.09. The van der Waals surface area contributed by atoms with Crippen molar-refractivity contribution in [3.05, 3.63) is 52.3 Å². The van der Waals surface area contributed by atoms with Crippen LogP contribution in [0.4, 0.5) is 0 Å². The number of nitrogens with one attached hydrogen (secondary N) is 1. The molecule has 0 saturated heterocycles. The molecule has 0 aliphatic carbocycles. The fourth-order valence-electron chi connectivity index (χ4n) is 1.49. The van der Waals surface area contributed by atoms with E-state index in [0.29, 0.717) is 17.1 Å². The third-order valence-corrected chi connectivity index (χ3v) is 3.00. The van der Waals surface area contributed by atoms with E-state index in [4.69, 9.17) is 15.9 Å². The first-order valence-electron chi connectivity index (χ1n) is 5.30. The molecule has 0 fully saturated rings. The predicted molar refractivity (Wildman–Crippen MR) is 74.2 cm³/mol. The Hall–Kier alpha value is -1.88. The molecule has 2 rings (SSSR count). The molecule has 0 bridgehead atoms.